The van der Waals surface area contributed by atoms with Gasteiger partial charge in [0, 0.05) is 19.0 Å². The maximum Gasteiger partial charge on any atom is 0.417 e. The van der Waals surface area contributed by atoms with E-state index in [0.29, 0.717) is 24.6 Å². The lowest BCUT2D eigenvalue weighted by molar-refractivity contribution is -0.137. The molecule has 1 atom stereocenters. The van der Waals surface area contributed by atoms with Crippen LogP contribution in [0.1, 0.15) is 54.9 Å². The van der Waals surface area contributed by atoms with Gasteiger partial charge in [-0.15, -0.1) is 0 Å². The van der Waals surface area contributed by atoms with Crippen molar-refractivity contribution in [2.45, 2.75) is 45.3 Å². The first kappa shape index (κ1) is 25.3. The Morgan fingerprint density at radius 2 is 1.42 bits per heavy atom. The van der Waals surface area contributed by atoms with Gasteiger partial charge in [0.15, 0.2) is 0 Å². The number of rotatable bonds is 10. The van der Waals surface area contributed by atoms with Gasteiger partial charge in [-0.1, -0.05) is 105 Å². The Bertz CT molecular complexity index is 950. The van der Waals surface area contributed by atoms with Crippen LogP contribution in [0.25, 0.3) is 0 Å². The van der Waals surface area contributed by atoms with Crippen molar-refractivity contribution < 1.29 is 13.2 Å². The lowest BCUT2D eigenvalue weighted by Gasteiger charge is -2.30. The normalized spacial score (nSPS) is 13.0. The molecule has 0 N–H and O–H groups in total. The lowest BCUT2D eigenvalue weighted by atomic mass is 9.90. The lowest BCUT2D eigenvalue weighted by Crippen LogP contribution is -2.31. The highest BCUT2D eigenvalue weighted by Gasteiger charge is 2.34. The third kappa shape index (κ3) is 7.09. The molecule has 3 aromatic carbocycles. The maximum atomic E-state index is 13.4. The van der Waals surface area contributed by atoms with E-state index in [4.69, 9.17) is 11.6 Å². The molecule has 0 fully saturated rings. The first-order valence-corrected chi connectivity index (χ1v) is 11.8. The Morgan fingerprint density at radius 3 is 1.94 bits per heavy atom. The highest BCUT2D eigenvalue weighted by Crippen LogP contribution is 2.37. The molecular weight excluding hydrogens is 443 g/mol. The van der Waals surface area contributed by atoms with Crippen molar-refractivity contribution >= 4 is 11.6 Å². The van der Waals surface area contributed by atoms with Gasteiger partial charge in [-0.3, -0.25) is 4.90 Å². The van der Waals surface area contributed by atoms with Crippen molar-refractivity contribution in [3.05, 3.63) is 106 Å². The molecular formula is C28H31ClF3N. The monoisotopic (exact) mass is 473 g/mol. The van der Waals surface area contributed by atoms with E-state index < -0.39 is 11.7 Å². The average molecular weight is 474 g/mol. The second-order valence-corrected chi connectivity index (χ2v) is 9.07. The molecule has 0 aromatic heterocycles. The largest absolute Gasteiger partial charge is 0.417 e. The summed E-state index contributed by atoms with van der Waals surface area (Å²) in [4.78, 5) is 2.25. The predicted octanol–water partition coefficient (Wildman–Crippen LogP) is 8.43. The molecule has 0 amide bonds. The van der Waals surface area contributed by atoms with Gasteiger partial charge in [-0.25, -0.2) is 0 Å². The standard InChI is InChI=1S/C28H31ClF3N/c1-3-21(2)17-18-33(19-24-15-10-16-26(27(24)29)28(30,31)32)20-25(22-11-6-4-7-12-22)23-13-8-5-9-14-23/h4-16,21,25H,3,17-20H2,1-2H3. The van der Waals surface area contributed by atoms with E-state index in [2.05, 4.69) is 43.0 Å². The number of hydrogen-bond donors (Lipinski definition) is 0. The van der Waals surface area contributed by atoms with E-state index in [9.17, 15) is 13.2 Å². The van der Waals surface area contributed by atoms with E-state index >= 15 is 0 Å². The van der Waals surface area contributed by atoms with Crippen molar-refractivity contribution in [3.8, 4) is 0 Å². The molecule has 0 radical (unpaired) electrons. The van der Waals surface area contributed by atoms with E-state index in [0.717, 1.165) is 25.5 Å². The quantitative estimate of drug-likeness (QED) is 0.285. The van der Waals surface area contributed by atoms with Crippen LogP contribution >= 0.6 is 11.6 Å². The van der Waals surface area contributed by atoms with Gasteiger partial charge >= 0.3 is 6.18 Å². The zero-order chi connectivity index (χ0) is 23.8. The van der Waals surface area contributed by atoms with Crippen LogP contribution in [0.2, 0.25) is 5.02 Å². The molecule has 0 saturated heterocycles. The minimum absolute atomic E-state index is 0.105. The highest BCUT2D eigenvalue weighted by atomic mass is 35.5. The number of alkyl halides is 3. The summed E-state index contributed by atoms with van der Waals surface area (Å²) in [5.41, 5.74) is 2.11. The summed E-state index contributed by atoms with van der Waals surface area (Å²) < 4.78 is 40.3. The molecule has 0 spiro atoms. The molecule has 33 heavy (non-hydrogen) atoms. The average Bonchev–Trinajstić information content (AvgIpc) is 2.82. The van der Waals surface area contributed by atoms with Crippen molar-refractivity contribution in [1.29, 1.82) is 0 Å². The van der Waals surface area contributed by atoms with Gasteiger partial charge in [0.2, 0.25) is 0 Å². The molecule has 0 heterocycles. The van der Waals surface area contributed by atoms with E-state index in [1.165, 1.54) is 17.2 Å². The SMILES string of the molecule is CCC(C)CCN(Cc1cccc(C(F)(F)F)c1Cl)CC(c1ccccc1)c1ccccc1. The Morgan fingerprint density at radius 1 is 0.848 bits per heavy atom. The fourth-order valence-electron chi connectivity index (χ4n) is 4.04. The summed E-state index contributed by atoms with van der Waals surface area (Å²) in [6.07, 6.45) is -2.42. The summed E-state index contributed by atoms with van der Waals surface area (Å²) in [5, 5.41) is -0.200. The van der Waals surface area contributed by atoms with Crippen LogP contribution < -0.4 is 0 Å². The van der Waals surface area contributed by atoms with E-state index in [1.54, 1.807) is 6.07 Å². The molecule has 176 valence electrons. The number of halogens is 4. The second kappa shape index (κ2) is 11.7. The molecule has 5 heteroatoms. The highest BCUT2D eigenvalue weighted by molar-refractivity contribution is 6.32. The molecule has 0 aliphatic rings. The molecule has 3 aromatic rings. The van der Waals surface area contributed by atoms with Crippen LogP contribution in [0.5, 0.6) is 0 Å². The minimum atomic E-state index is -4.47. The van der Waals surface area contributed by atoms with Gasteiger partial charge in [-0.2, -0.15) is 13.2 Å². The fraction of sp³-hybridized carbons (Fsp3) is 0.357. The maximum absolute atomic E-state index is 13.4. The number of nitrogens with zero attached hydrogens (tertiary/aromatic N) is 1. The molecule has 0 aliphatic heterocycles. The van der Waals surface area contributed by atoms with Crippen LogP contribution in [0, 0.1) is 5.92 Å². The molecule has 3 rings (SSSR count). The van der Waals surface area contributed by atoms with Gasteiger partial charge in [0.25, 0.3) is 0 Å². The Hall–Kier alpha value is -2.30. The molecule has 1 nitrogen and oxygen atoms in total. The molecule has 1 unspecified atom stereocenters. The molecule has 0 bridgehead atoms. The third-order valence-electron chi connectivity index (χ3n) is 6.26. The van der Waals surface area contributed by atoms with E-state index in [1.807, 2.05) is 36.4 Å². The number of hydrogen-bond acceptors (Lipinski definition) is 1. The Labute approximate surface area is 200 Å². The number of benzene rings is 3. The van der Waals surface area contributed by atoms with Crippen LogP contribution in [-0.2, 0) is 12.7 Å². The first-order valence-electron chi connectivity index (χ1n) is 11.5. The zero-order valence-corrected chi connectivity index (χ0v) is 19.9. The summed E-state index contributed by atoms with van der Waals surface area (Å²) in [6, 6.07) is 24.7. The van der Waals surface area contributed by atoms with Gasteiger partial charge in [0.1, 0.15) is 0 Å². The van der Waals surface area contributed by atoms with Crippen molar-refractivity contribution in [3.63, 3.8) is 0 Å². The predicted molar refractivity (Wildman–Crippen MR) is 131 cm³/mol. The second-order valence-electron chi connectivity index (χ2n) is 8.69. The minimum Gasteiger partial charge on any atom is -0.298 e. The Kier molecular flexibility index (Phi) is 8.99. The zero-order valence-electron chi connectivity index (χ0n) is 19.2. The fourth-order valence-corrected chi connectivity index (χ4v) is 4.33. The van der Waals surface area contributed by atoms with Crippen LogP contribution in [0.3, 0.4) is 0 Å². The summed E-state index contributed by atoms with van der Waals surface area (Å²) in [6.45, 7) is 6.22. The topological polar surface area (TPSA) is 3.24 Å². The van der Waals surface area contributed by atoms with Gasteiger partial charge in [0.05, 0.1) is 10.6 Å². The van der Waals surface area contributed by atoms with Crippen molar-refractivity contribution in [2.24, 2.45) is 5.92 Å². The Balaban J connectivity index is 1.93. The summed E-state index contributed by atoms with van der Waals surface area (Å²) in [7, 11) is 0. The summed E-state index contributed by atoms with van der Waals surface area (Å²) in [5.74, 6) is 0.644. The van der Waals surface area contributed by atoms with Gasteiger partial charge < -0.3 is 0 Å². The van der Waals surface area contributed by atoms with Crippen molar-refractivity contribution in [1.82, 2.24) is 4.90 Å². The molecule has 0 aliphatic carbocycles. The van der Waals surface area contributed by atoms with E-state index in [-0.39, 0.29) is 10.9 Å². The van der Waals surface area contributed by atoms with Crippen LogP contribution in [-0.4, -0.2) is 18.0 Å². The first-order chi connectivity index (χ1) is 15.8. The van der Waals surface area contributed by atoms with Crippen molar-refractivity contribution in [2.75, 3.05) is 13.1 Å². The smallest absolute Gasteiger partial charge is 0.298 e. The molecule has 0 saturated carbocycles. The van der Waals surface area contributed by atoms with Crippen LogP contribution in [0.15, 0.2) is 78.9 Å². The van der Waals surface area contributed by atoms with Gasteiger partial charge in [-0.05, 0) is 41.6 Å². The summed E-state index contributed by atoms with van der Waals surface area (Å²) >= 11 is 6.25. The third-order valence-corrected chi connectivity index (χ3v) is 6.70. The van der Waals surface area contributed by atoms with Crippen LogP contribution in [0.4, 0.5) is 13.2 Å².